The Labute approximate surface area is 207 Å². The SMILES string of the molecule is CC(=O)C(=O)Oc1cc(O)ccc1NC(=O)C=C(C)C=CC=C(C)C=CC1=C(C)CCCC1(C)C. The lowest BCUT2D eigenvalue weighted by atomic mass is 9.72. The topological polar surface area (TPSA) is 92.7 Å². The van der Waals surface area contributed by atoms with Crippen molar-refractivity contribution in [3.05, 3.63) is 76.9 Å². The Morgan fingerprint density at radius 2 is 1.80 bits per heavy atom. The number of phenolic OH excluding ortho intramolecular Hbond substituents is 1. The molecule has 1 aliphatic rings. The third-order valence-electron chi connectivity index (χ3n) is 5.85. The molecule has 0 fully saturated rings. The van der Waals surface area contributed by atoms with Crippen molar-refractivity contribution in [3.8, 4) is 11.5 Å². The molecule has 1 aliphatic carbocycles. The average Bonchev–Trinajstić information content (AvgIpc) is 2.74. The first kappa shape index (κ1) is 27.6. The Bertz CT molecular complexity index is 1150. The van der Waals surface area contributed by atoms with E-state index in [2.05, 4.69) is 38.2 Å². The molecular formula is C29H35NO5. The van der Waals surface area contributed by atoms with Crippen LogP contribution in [0.1, 0.15) is 60.8 Å². The predicted molar refractivity (Wildman–Crippen MR) is 139 cm³/mol. The number of phenols is 1. The molecule has 0 aromatic heterocycles. The highest BCUT2D eigenvalue weighted by atomic mass is 16.5. The molecule has 186 valence electrons. The van der Waals surface area contributed by atoms with Crippen molar-refractivity contribution in [2.75, 3.05) is 5.32 Å². The summed E-state index contributed by atoms with van der Waals surface area (Å²) in [6, 6.07) is 3.88. The predicted octanol–water partition coefficient (Wildman–Crippen LogP) is 6.36. The first-order valence-corrected chi connectivity index (χ1v) is 11.7. The van der Waals surface area contributed by atoms with E-state index in [1.165, 1.54) is 42.2 Å². The number of ketones is 1. The molecule has 0 bridgehead atoms. The molecule has 2 N–H and O–H groups in total. The van der Waals surface area contributed by atoms with Crippen LogP contribution < -0.4 is 10.1 Å². The maximum atomic E-state index is 12.4. The third-order valence-corrected chi connectivity index (χ3v) is 5.85. The van der Waals surface area contributed by atoms with Gasteiger partial charge in [-0.2, -0.15) is 0 Å². The van der Waals surface area contributed by atoms with Gasteiger partial charge < -0.3 is 15.2 Å². The fraction of sp³-hybridized carbons (Fsp3) is 0.345. The second-order valence-electron chi connectivity index (χ2n) is 9.54. The second kappa shape index (κ2) is 12.2. The van der Waals surface area contributed by atoms with Crippen LogP contribution in [0.4, 0.5) is 5.69 Å². The summed E-state index contributed by atoms with van der Waals surface area (Å²) in [4.78, 5) is 35.2. The van der Waals surface area contributed by atoms with Gasteiger partial charge in [0.05, 0.1) is 5.69 Å². The van der Waals surface area contributed by atoms with E-state index in [-0.39, 0.29) is 22.6 Å². The van der Waals surface area contributed by atoms with E-state index < -0.39 is 17.7 Å². The zero-order valence-electron chi connectivity index (χ0n) is 21.4. The van der Waals surface area contributed by atoms with E-state index in [1.807, 2.05) is 25.2 Å². The van der Waals surface area contributed by atoms with Gasteiger partial charge in [-0.25, -0.2) is 4.79 Å². The number of allylic oxidation sites excluding steroid dienone is 9. The molecule has 0 saturated heterocycles. The van der Waals surface area contributed by atoms with Crippen molar-refractivity contribution in [3.63, 3.8) is 0 Å². The van der Waals surface area contributed by atoms with Crippen LogP contribution in [0.3, 0.4) is 0 Å². The van der Waals surface area contributed by atoms with Crippen molar-refractivity contribution in [1.82, 2.24) is 0 Å². The Balaban J connectivity index is 2.05. The van der Waals surface area contributed by atoms with Crippen LogP contribution in [0.25, 0.3) is 0 Å². The summed E-state index contributed by atoms with van der Waals surface area (Å²) >= 11 is 0. The zero-order valence-corrected chi connectivity index (χ0v) is 21.4. The molecule has 0 heterocycles. The molecule has 6 heteroatoms. The fourth-order valence-corrected chi connectivity index (χ4v) is 3.93. The lowest BCUT2D eigenvalue weighted by Gasteiger charge is -2.32. The second-order valence-corrected chi connectivity index (χ2v) is 9.54. The number of ether oxygens (including phenoxy) is 1. The molecule has 1 amide bonds. The number of carbonyl (C=O) groups is 3. The maximum absolute atomic E-state index is 12.4. The van der Waals surface area contributed by atoms with Gasteiger partial charge >= 0.3 is 5.97 Å². The van der Waals surface area contributed by atoms with Crippen LogP contribution in [0.15, 0.2) is 76.9 Å². The molecule has 0 aliphatic heterocycles. The van der Waals surface area contributed by atoms with Crippen LogP contribution in [-0.4, -0.2) is 22.8 Å². The number of aromatic hydroxyl groups is 1. The van der Waals surface area contributed by atoms with Gasteiger partial charge in [-0.05, 0) is 68.7 Å². The van der Waals surface area contributed by atoms with Gasteiger partial charge in [0.1, 0.15) is 5.75 Å². The highest BCUT2D eigenvalue weighted by molar-refractivity contribution is 6.33. The van der Waals surface area contributed by atoms with Gasteiger partial charge in [0.25, 0.3) is 0 Å². The van der Waals surface area contributed by atoms with E-state index in [0.717, 1.165) is 25.0 Å². The molecule has 6 nitrogen and oxygen atoms in total. The summed E-state index contributed by atoms with van der Waals surface area (Å²) < 4.78 is 4.96. The summed E-state index contributed by atoms with van der Waals surface area (Å²) in [6.07, 6.45) is 15.0. The first-order chi connectivity index (χ1) is 16.4. The minimum absolute atomic E-state index is 0.114. The number of Topliss-reactive ketones (excluding diaryl/α,β-unsaturated/α-hetero) is 1. The summed E-state index contributed by atoms with van der Waals surface area (Å²) in [5.41, 5.74) is 5.04. The van der Waals surface area contributed by atoms with Crippen LogP contribution in [0.5, 0.6) is 11.5 Å². The highest BCUT2D eigenvalue weighted by Gasteiger charge is 2.26. The molecule has 0 atom stereocenters. The van der Waals surface area contributed by atoms with E-state index in [1.54, 1.807) is 6.92 Å². The number of amides is 1. The standard InChI is InChI=1S/C29H35NO5/c1-19(12-14-24-21(3)11-8-16-29(24,5)6)9-7-10-20(2)17-27(33)30-25-15-13-23(32)18-26(25)35-28(34)22(4)31/h7,9-10,12-15,17-18,32H,8,11,16H2,1-6H3,(H,30,33). The van der Waals surface area contributed by atoms with Crippen LogP contribution in [-0.2, 0) is 14.4 Å². The van der Waals surface area contributed by atoms with Gasteiger partial charge in [0, 0.05) is 19.1 Å². The molecular weight excluding hydrogens is 442 g/mol. The van der Waals surface area contributed by atoms with Gasteiger partial charge in [0.2, 0.25) is 11.7 Å². The normalized spacial score (nSPS) is 16.6. The Kier molecular flexibility index (Phi) is 9.58. The van der Waals surface area contributed by atoms with Gasteiger partial charge in [-0.15, -0.1) is 0 Å². The van der Waals surface area contributed by atoms with E-state index >= 15 is 0 Å². The number of benzene rings is 1. The van der Waals surface area contributed by atoms with Gasteiger partial charge in [-0.3, -0.25) is 9.59 Å². The van der Waals surface area contributed by atoms with Crippen molar-refractivity contribution in [2.24, 2.45) is 5.41 Å². The van der Waals surface area contributed by atoms with Crippen molar-refractivity contribution in [2.45, 2.75) is 60.8 Å². The highest BCUT2D eigenvalue weighted by Crippen LogP contribution is 2.40. The fourth-order valence-electron chi connectivity index (χ4n) is 3.93. The number of hydrogen-bond acceptors (Lipinski definition) is 5. The number of anilines is 1. The summed E-state index contributed by atoms with van der Waals surface area (Å²) in [5.74, 6) is -2.61. The molecule has 1 aromatic carbocycles. The molecule has 1 aromatic rings. The van der Waals surface area contributed by atoms with Crippen molar-refractivity contribution >= 4 is 23.3 Å². The van der Waals surface area contributed by atoms with Gasteiger partial charge in [-0.1, -0.05) is 55.4 Å². The quantitative estimate of drug-likeness (QED) is 0.114. The Morgan fingerprint density at radius 3 is 2.46 bits per heavy atom. The number of rotatable bonds is 8. The first-order valence-electron chi connectivity index (χ1n) is 11.7. The molecule has 0 unspecified atom stereocenters. The molecule has 2 rings (SSSR count). The molecule has 0 radical (unpaired) electrons. The van der Waals surface area contributed by atoms with Crippen molar-refractivity contribution < 1.29 is 24.2 Å². The lowest BCUT2D eigenvalue weighted by Crippen LogP contribution is -2.19. The zero-order chi connectivity index (χ0) is 26.2. The smallest absolute Gasteiger partial charge is 0.379 e. The molecule has 0 spiro atoms. The Hall–Kier alpha value is -3.67. The van der Waals surface area contributed by atoms with E-state index in [0.29, 0.717) is 5.57 Å². The van der Waals surface area contributed by atoms with Crippen LogP contribution in [0, 0.1) is 5.41 Å². The lowest BCUT2D eigenvalue weighted by molar-refractivity contribution is -0.146. The van der Waals surface area contributed by atoms with E-state index in [9.17, 15) is 19.5 Å². The number of esters is 1. The number of nitrogens with one attached hydrogen (secondary N) is 1. The number of hydrogen-bond donors (Lipinski definition) is 2. The number of carbonyl (C=O) groups excluding carboxylic acids is 3. The minimum Gasteiger partial charge on any atom is -0.508 e. The van der Waals surface area contributed by atoms with Crippen LogP contribution >= 0.6 is 0 Å². The summed E-state index contributed by atoms with van der Waals surface area (Å²) in [5, 5.41) is 12.2. The summed E-state index contributed by atoms with van der Waals surface area (Å²) in [7, 11) is 0. The Morgan fingerprint density at radius 1 is 1.09 bits per heavy atom. The maximum Gasteiger partial charge on any atom is 0.379 e. The summed E-state index contributed by atoms with van der Waals surface area (Å²) in [6.45, 7) is 11.7. The average molecular weight is 478 g/mol. The molecule has 0 saturated carbocycles. The van der Waals surface area contributed by atoms with Crippen LogP contribution in [0.2, 0.25) is 0 Å². The largest absolute Gasteiger partial charge is 0.508 e. The van der Waals surface area contributed by atoms with E-state index in [4.69, 9.17) is 4.74 Å². The minimum atomic E-state index is -1.09. The third kappa shape index (κ3) is 8.56. The molecule has 35 heavy (non-hydrogen) atoms. The van der Waals surface area contributed by atoms with Crippen molar-refractivity contribution in [1.29, 1.82) is 0 Å². The van der Waals surface area contributed by atoms with Gasteiger partial charge in [0.15, 0.2) is 5.75 Å². The monoisotopic (exact) mass is 477 g/mol.